The average molecular weight is 256 g/mol. The quantitative estimate of drug-likeness (QED) is 0.840. The van der Waals surface area contributed by atoms with Gasteiger partial charge in [-0.1, -0.05) is 12.1 Å². The maximum absolute atomic E-state index is 11.0. The standard InChI is InChI=1S/C12H20N2O2S/c1-4-14(5-2)12-8-6-11(7-9-12)10-13-17(3,15)16/h6-9,13H,4-5,10H2,1-3H3. The summed E-state index contributed by atoms with van der Waals surface area (Å²) >= 11 is 0. The molecule has 96 valence electrons. The molecule has 1 aromatic rings. The molecule has 0 saturated carbocycles. The van der Waals surface area contributed by atoms with E-state index in [-0.39, 0.29) is 0 Å². The number of rotatable bonds is 6. The van der Waals surface area contributed by atoms with Crippen LogP contribution in [-0.2, 0) is 16.6 Å². The predicted molar refractivity (Wildman–Crippen MR) is 71.7 cm³/mol. The highest BCUT2D eigenvalue weighted by Crippen LogP contribution is 2.14. The molecule has 0 aliphatic heterocycles. The largest absolute Gasteiger partial charge is 0.372 e. The van der Waals surface area contributed by atoms with Crippen LogP contribution in [0.5, 0.6) is 0 Å². The lowest BCUT2D eigenvalue weighted by atomic mass is 10.2. The van der Waals surface area contributed by atoms with Gasteiger partial charge in [0.05, 0.1) is 6.26 Å². The van der Waals surface area contributed by atoms with Crippen LogP contribution in [0.25, 0.3) is 0 Å². The number of hydrogen-bond acceptors (Lipinski definition) is 3. The van der Waals surface area contributed by atoms with Gasteiger partial charge in [-0.05, 0) is 31.5 Å². The second kappa shape index (κ2) is 6.02. The number of nitrogens with one attached hydrogen (secondary N) is 1. The molecule has 1 N–H and O–H groups in total. The molecule has 0 unspecified atom stereocenters. The van der Waals surface area contributed by atoms with Gasteiger partial charge >= 0.3 is 0 Å². The molecule has 0 aliphatic rings. The molecule has 1 aromatic carbocycles. The molecule has 0 amide bonds. The van der Waals surface area contributed by atoms with Crippen LogP contribution in [0.2, 0.25) is 0 Å². The second-order valence-electron chi connectivity index (χ2n) is 3.93. The van der Waals surface area contributed by atoms with Gasteiger partial charge in [0.1, 0.15) is 0 Å². The first-order chi connectivity index (χ1) is 7.96. The van der Waals surface area contributed by atoms with Crippen LogP contribution in [0.1, 0.15) is 19.4 Å². The summed E-state index contributed by atoms with van der Waals surface area (Å²) in [5.41, 5.74) is 2.13. The Morgan fingerprint density at radius 2 is 1.65 bits per heavy atom. The Bertz CT molecular complexity index is 436. The minimum Gasteiger partial charge on any atom is -0.372 e. The van der Waals surface area contributed by atoms with E-state index in [1.807, 2.05) is 24.3 Å². The molecule has 0 spiro atoms. The first kappa shape index (κ1) is 14.0. The first-order valence-electron chi connectivity index (χ1n) is 5.74. The van der Waals surface area contributed by atoms with Crippen LogP contribution in [0, 0.1) is 0 Å². The topological polar surface area (TPSA) is 49.4 Å². The molecule has 0 fully saturated rings. The van der Waals surface area contributed by atoms with Crippen molar-refractivity contribution in [1.29, 1.82) is 0 Å². The molecule has 0 heterocycles. The fraction of sp³-hybridized carbons (Fsp3) is 0.500. The van der Waals surface area contributed by atoms with Gasteiger partial charge in [-0.15, -0.1) is 0 Å². The molecule has 1 rings (SSSR count). The summed E-state index contributed by atoms with van der Waals surface area (Å²) in [6.07, 6.45) is 1.16. The van der Waals surface area contributed by atoms with Gasteiger partial charge in [-0.2, -0.15) is 0 Å². The summed E-state index contributed by atoms with van der Waals surface area (Å²) in [5.74, 6) is 0. The van der Waals surface area contributed by atoms with E-state index < -0.39 is 10.0 Å². The zero-order chi connectivity index (χ0) is 12.9. The summed E-state index contributed by atoms with van der Waals surface area (Å²) in [6, 6.07) is 7.94. The van der Waals surface area contributed by atoms with Crippen LogP contribution in [0.3, 0.4) is 0 Å². The lowest BCUT2D eigenvalue weighted by Crippen LogP contribution is -2.22. The number of hydrogen-bond donors (Lipinski definition) is 1. The van der Waals surface area contributed by atoms with Crippen LogP contribution >= 0.6 is 0 Å². The fourth-order valence-corrected chi connectivity index (χ4v) is 2.06. The van der Waals surface area contributed by atoms with Crippen LogP contribution in [0.15, 0.2) is 24.3 Å². The van der Waals surface area contributed by atoms with Crippen molar-refractivity contribution in [3.63, 3.8) is 0 Å². The van der Waals surface area contributed by atoms with Crippen molar-refractivity contribution < 1.29 is 8.42 Å². The van der Waals surface area contributed by atoms with Crippen molar-refractivity contribution in [2.24, 2.45) is 0 Å². The van der Waals surface area contributed by atoms with E-state index in [4.69, 9.17) is 0 Å². The Hall–Kier alpha value is -1.07. The molecule has 0 bridgehead atoms. The smallest absolute Gasteiger partial charge is 0.209 e. The minimum absolute atomic E-state index is 0.345. The summed E-state index contributed by atoms with van der Waals surface area (Å²) in [4.78, 5) is 2.24. The Kier molecular flexibility index (Phi) is 4.96. The van der Waals surface area contributed by atoms with E-state index in [0.29, 0.717) is 6.54 Å². The molecule has 17 heavy (non-hydrogen) atoms. The van der Waals surface area contributed by atoms with Gasteiger partial charge in [0.15, 0.2) is 0 Å². The molecule has 0 aliphatic carbocycles. The maximum atomic E-state index is 11.0. The van der Waals surface area contributed by atoms with Crippen LogP contribution in [0.4, 0.5) is 5.69 Å². The molecular formula is C12H20N2O2S. The van der Waals surface area contributed by atoms with E-state index in [9.17, 15) is 8.42 Å². The van der Waals surface area contributed by atoms with Crippen molar-refractivity contribution in [3.05, 3.63) is 29.8 Å². The van der Waals surface area contributed by atoms with Gasteiger partial charge in [0.2, 0.25) is 10.0 Å². The Balaban J connectivity index is 2.68. The van der Waals surface area contributed by atoms with Gasteiger partial charge in [-0.3, -0.25) is 0 Å². The first-order valence-corrected chi connectivity index (χ1v) is 7.64. The van der Waals surface area contributed by atoms with Gasteiger partial charge in [0.25, 0.3) is 0 Å². The molecule has 5 heteroatoms. The minimum atomic E-state index is -3.12. The molecule has 0 radical (unpaired) electrons. The lowest BCUT2D eigenvalue weighted by molar-refractivity contribution is 0.587. The summed E-state index contributed by atoms with van der Waals surface area (Å²) < 4.78 is 24.4. The highest BCUT2D eigenvalue weighted by molar-refractivity contribution is 7.88. The van der Waals surface area contributed by atoms with Gasteiger partial charge in [0, 0.05) is 25.3 Å². The Morgan fingerprint density at radius 1 is 1.12 bits per heavy atom. The molecule has 0 aromatic heterocycles. The SMILES string of the molecule is CCN(CC)c1ccc(CNS(C)(=O)=O)cc1. The molecular weight excluding hydrogens is 236 g/mol. The zero-order valence-corrected chi connectivity index (χ0v) is 11.4. The zero-order valence-electron chi connectivity index (χ0n) is 10.6. The van der Waals surface area contributed by atoms with E-state index in [2.05, 4.69) is 23.5 Å². The van der Waals surface area contributed by atoms with Gasteiger partial charge < -0.3 is 4.90 Å². The number of nitrogens with zero attached hydrogens (tertiary/aromatic N) is 1. The second-order valence-corrected chi connectivity index (χ2v) is 5.77. The molecule has 0 atom stereocenters. The van der Waals surface area contributed by atoms with E-state index in [1.165, 1.54) is 0 Å². The summed E-state index contributed by atoms with van der Waals surface area (Å²) in [7, 11) is -3.12. The lowest BCUT2D eigenvalue weighted by Gasteiger charge is -2.21. The third-order valence-corrected chi connectivity index (χ3v) is 3.27. The summed E-state index contributed by atoms with van der Waals surface area (Å²) in [5, 5.41) is 0. The fourth-order valence-electron chi connectivity index (χ4n) is 1.63. The third kappa shape index (κ3) is 4.75. The van der Waals surface area contributed by atoms with Gasteiger partial charge in [-0.25, -0.2) is 13.1 Å². The Morgan fingerprint density at radius 3 is 2.06 bits per heavy atom. The van der Waals surface area contributed by atoms with Crippen molar-refractivity contribution in [3.8, 4) is 0 Å². The number of benzene rings is 1. The van der Waals surface area contributed by atoms with E-state index in [1.54, 1.807) is 0 Å². The van der Waals surface area contributed by atoms with Crippen LogP contribution in [-0.4, -0.2) is 27.8 Å². The maximum Gasteiger partial charge on any atom is 0.209 e. The predicted octanol–water partition coefficient (Wildman–Crippen LogP) is 1.58. The molecule has 0 saturated heterocycles. The normalized spacial score (nSPS) is 11.5. The molecule has 4 nitrogen and oxygen atoms in total. The number of sulfonamides is 1. The highest BCUT2D eigenvalue weighted by Gasteiger charge is 2.03. The highest BCUT2D eigenvalue weighted by atomic mass is 32.2. The van der Waals surface area contributed by atoms with Crippen molar-refractivity contribution in [2.45, 2.75) is 20.4 Å². The monoisotopic (exact) mass is 256 g/mol. The van der Waals surface area contributed by atoms with Crippen molar-refractivity contribution >= 4 is 15.7 Å². The van der Waals surface area contributed by atoms with Crippen LogP contribution < -0.4 is 9.62 Å². The van der Waals surface area contributed by atoms with Crippen molar-refractivity contribution in [1.82, 2.24) is 4.72 Å². The summed E-state index contributed by atoms with van der Waals surface area (Å²) in [6.45, 7) is 6.51. The van der Waals surface area contributed by atoms with E-state index >= 15 is 0 Å². The number of anilines is 1. The average Bonchev–Trinajstić information content (AvgIpc) is 2.29. The third-order valence-electron chi connectivity index (χ3n) is 2.60. The Labute approximate surface area is 104 Å². The van der Waals surface area contributed by atoms with Crippen molar-refractivity contribution in [2.75, 3.05) is 24.2 Å². The van der Waals surface area contributed by atoms with E-state index in [0.717, 1.165) is 30.6 Å².